The predicted octanol–water partition coefficient (Wildman–Crippen LogP) is 0.368. The minimum absolute atomic E-state index is 0.00362. The zero-order valence-electron chi connectivity index (χ0n) is 23.5. The molecule has 1 aromatic carbocycles. The van der Waals surface area contributed by atoms with Crippen LogP contribution in [-0.2, 0) is 32.8 Å². The molecule has 0 saturated carbocycles. The molecule has 0 aliphatic rings. The van der Waals surface area contributed by atoms with E-state index >= 15 is 0 Å². The Hall–Kier alpha value is -4.42. The Kier molecular flexibility index (Phi) is 10.4. The van der Waals surface area contributed by atoms with Gasteiger partial charge in [-0.2, -0.15) is 0 Å². The van der Waals surface area contributed by atoms with E-state index in [2.05, 4.69) is 21.3 Å². The lowest BCUT2D eigenvalue weighted by atomic mass is 9.94. The minimum atomic E-state index is -1.32. The van der Waals surface area contributed by atoms with Crippen molar-refractivity contribution in [1.29, 1.82) is 0 Å². The van der Waals surface area contributed by atoms with Gasteiger partial charge in [-0.3, -0.25) is 28.8 Å². The van der Waals surface area contributed by atoms with Crippen LogP contribution in [-0.4, -0.2) is 63.5 Å². The monoisotopic (exact) mass is 559 g/mol. The summed E-state index contributed by atoms with van der Waals surface area (Å²) in [6.07, 6.45) is 0.397. The average molecular weight is 560 g/mol. The van der Waals surface area contributed by atoms with Gasteiger partial charge in [-0.1, -0.05) is 40.7 Å². The fourth-order valence-electron chi connectivity index (χ4n) is 3.77. The number of aromatic nitrogens is 1. The standard InChI is InChI=1S/C27H37N5O8/c1-14(2)9-17(31-26(40)27(3,4)5)23(37)29-12-19(33)28-11-15-7-8-18-16(10-15)22(36)21(25(39)32(18)6)24(38)30-13-20(34)35/h7-8,10,14,17,36H,9,11-13H2,1-6H3,(H,28,33)(H,29,37)(H,30,38)(H,31,40)(H,34,35)/t17-/m0/s1. The van der Waals surface area contributed by atoms with E-state index in [9.17, 15) is 33.9 Å². The number of carbonyl (C=O) groups is 5. The maximum absolute atomic E-state index is 12.7. The van der Waals surface area contributed by atoms with Crippen LogP contribution < -0.4 is 26.8 Å². The van der Waals surface area contributed by atoms with Crippen LogP contribution in [0, 0.1) is 11.3 Å². The number of aryl methyl sites for hydroxylation is 1. The summed E-state index contributed by atoms with van der Waals surface area (Å²) in [5, 5.41) is 29.6. The number of fused-ring (bicyclic) bond motifs is 1. The van der Waals surface area contributed by atoms with E-state index in [0.717, 1.165) is 4.57 Å². The van der Waals surface area contributed by atoms with Crippen LogP contribution in [0.4, 0.5) is 0 Å². The summed E-state index contributed by atoms with van der Waals surface area (Å²) < 4.78 is 1.15. The minimum Gasteiger partial charge on any atom is -0.506 e. The Morgan fingerprint density at radius 3 is 2.23 bits per heavy atom. The van der Waals surface area contributed by atoms with Crippen LogP contribution in [0.3, 0.4) is 0 Å². The fraction of sp³-hybridized carbons (Fsp3) is 0.481. The van der Waals surface area contributed by atoms with Crippen molar-refractivity contribution in [2.24, 2.45) is 18.4 Å². The zero-order valence-corrected chi connectivity index (χ0v) is 23.5. The van der Waals surface area contributed by atoms with Crippen molar-refractivity contribution < 1.29 is 34.2 Å². The fourth-order valence-corrected chi connectivity index (χ4v) is 3.77. The zero-order chi connectivity index (χ0) is 30.4. The highest BCUT2D eigenvalue weighted by atomic mass is 16.4. The molecule has 218 valence electrons. The number of nitrogens with one attached hydrogen (secondary N) is 4. The quantitative estimate of drug-likeness (QED) is 0.227. The van der Waals surface area contributed by atoms with Gasteiger partial charge < -0.3 is 36.0 Å². The molecule has 13 heteroatoms. The van der Waals surface area contributed by atoms with Crippen LogP contribution in [0.5, 0.6) is 5.75 Å². The first-order valence-corrected chi connectivity index (χ1v) is 12.7. The normalized spacial score (nSPS) is 12.1. The summed E-state index contributed by atoms with van der Waals surface area (Å²) in [5.41, 5.74) is -1.26. The van der Waals surface area contributed by atoms with Gasteiger partial charge in [0, 0.05) is 24.4 Å². The SMILES string of the molecule is CC(C)C[C@H](NC(=O)C(C)(C)C)C(=O)NCC(=O)NCc1ccc2c(c1)c(O)c(C(=O)NCC(=O)O)c(=O)n2C. The lowest BCUT2D eigenvalue weighted by Crippen LogP contribution is -2.51. The second-order valence-electron chi connectivity index (χ2n) is 10.9. The summed E-state index contributed by atoms with van der Waals surface area (Å²) in [6, 6.07) is 3.84. The highest BCUT2D eigenvalue weighted by molar-refractivity contribution is 6.03. The van der Waals surface area contributed by atoms with Gasteiger partial charge in [-0.05, 0) is 30.0 Å². The average Bonchev–Trinajstić information content (AvgIpc) is 2.86. The summed E-state index contributed by atoms with van der Waals surface area (Å²) >= 11 is 0. The number of hydrogen-bond acceptors (Lipinski definition) is 7. The number of carboxylic acids is 1. The third kappa shape index (κ3) is 8.29. The summed E-state index contributed by atoms with van der Waals surface area (Å²) in [6.45, 7) is 7.98. The van der Waals surface area contributed by atoms with Crippen molar-refractivity contribution in [3.05, 3.63) is 39.7 Å². The van der Waals surface area contributed by atoms with E-state index in [0.29, 0.717) is 17.5 Å². The van der Waals surface area contributed by atoms with Gasteiger partial charge in [0.25, 0.3) is 11.5 Å². The number of carboxylic acid groups (broad SMARTS) is 1. The molecule has 1 aromatic heterocycles. The molecule has 0 spiro atoms. The Morgan fingerprint density at radius 2 is 1.65 bits per heavy atom. The number of aromatic hydroxyl groups is 1. The molecule has 0 fully saturated rings. The van der Waals surface area contributed by atoms with Crippen LogP contribution in [0.15, 0.2) is 23.0 Å². The molecule has 40 heavy (non-hydrogen) atoms. The van der Waals surface area contributed by atoms with Crippen molar-refractivity contribution >= 4 is 40.5 Å². The maximum atomic E-state index is 12.7. The number of aliphatic carboxylic acids is 1. The molecule has 0 aliphatic carbocycles. The van der Waals surface area contributed by atoms with E-state index in [1.165, 1.54) is 19.2 Å². The Bertz CT molecular complexity index is 1370. The number of benzene rings is 1. The summed E-state index contributed by atoms with van der Waals surface area (Å²) in [7, 11) is 1.40. The molecule has 13 nitrogen and oxygen atoms in total. The van der Waals surface area contributed by atoms with Gasteiger partial charge in [0.1, 0.15) is 23.9 Å². The first-order chi connectivity index (χ1) is 18.5. The van der Waals surface area contributed by atoms with Crippen molar-refractivity contribution in [2.45, 2.75) is 53.6 Å². The topological polar surface area (TPSA) is 196 Å². The molecule has 0 aliphatic heterocycles. The van der Waals surface area contributed by atoms with Gasteiger partial charge in [0.05, 0.1) is 12.1 Å². The van der Waals surface area contributed by atoms with Gasteiger partial charge in [-0.15, -0.1) is 0 Å². The highest BCUT2D eigenvalue weighted by Crippen LogP contribution is 2.27. The van der Waals surface area contributed by atoms with E-state index < -0.39 is 58.6 Å². The Labute approximate surface area is 231 Å². The van der Waals surface area contributed by atoms with Gasteiger partial charge in [0.15, 0.2) is 0 Å². The molecule has 2 aromatic rings. The summed E-state index contributed by atoms with van der Waals surface area (Å²) in [4.78, 5) is 73.3. The molecule has 0 bridgehead atoms. The molecule has 1 atom stereocenters. The number of amides is 4. The molecule has 0 radical (unpaired) electrons. The second kappa shape index (κ2) is 13.1. The van der Waals surface area contributed by atoms with E-state index in [-0.39, 0.29) is 30.3 Å². The van der Waals surface area contributed by atoms with Crippen LogP contribution in [0.2, 0.25) is 0 Å². The smallest absolute Gasteiger partial charge is 0.322 e. The van der Waals surface area contributed by atoms with Crippen molar-refractivity contribution in [3.8, 4) is 5.75 Å². The number of carbonyl (C=O) groups excluding carboxylic acids is 4. The molecule has 0 unspecified atom stereocenters. The first-order valence-electron chi connectivity index (χ1n) is 12.7. The first kappa shape index (κ1) is 31.8. The van der Waals surface area contributed by atoms with E-state index in [4.69, 9.17) is 5.11 Å². The Balaban J connectivity index is 2.11. The number of nitrogens with zero attached hydrogens (tertiary/aromatic N) is 1. The predicted molar refractivity (Wildman–Crippen MR) is 147 cm³/mol. The Morgan fingerprint density at radius 1 is 1.00 bits per heavy atom. The van der Waals surface area contributed by atoms with Gasteiger partial charge >= 0.3 is 5.97 Å². The van der Waals surface area contributed by atoms with Crippen LogP contribution in [0.1, 0.15) is 57.0 Å². The molecule has 0 saturated heterocycles. The van der Waals surface area contributed by atoms with Crippen molar-refractivity contribution in [1.82, 2.24) is 25.8 Å². The van der Waals surface area contributed by atoms with Gasteiger partial charge in [-0.25, -0.2) is 0 Å². The lowest BCUT2D eigenvalue weighted by molar-refractivity contribution is -0.135. The number of pyridine rings is 1. The molecule has 4 amide bonds. The largest absolute Gasteiger partial charge is 0.506 e. The second-order valence-corrected chi connectivity index (χ2v) is 10.9. The highest BCUT2D eigenvalue weighted by Gasteiger charge is 2.28. The van der Waals surface area contributed by atoms with Crippen molar-refractivity contribution in [3.63, 3.8) is 0 Å². The number of rotatable bonds is 11. The number of hydrogen-bond donors (Lipinski definition) is 6. The third-order valence-corrected chi connectivity index (χ3v) is 5.98. The molecular formula is C27H37N5O8. The van der Waals surface area contributed by atoms with Crippen LogP contribution in [0.25, 0.3) is 10.9 Å². The molecular weight excluding hydrogens is 522 g/mol. The van der Waals surface area contributed by atoms with E-state index in [1.54, 1.807) is 26.8 Å². The van der Waals surface area contributed by atoms with Crippen LogP contribution >= 0.6 is 0 Å². The lowest BCUT2D eigenvalue weighted by Gasteiger charge is -2.25. The third-order valence-electron chi connectivity index (χ3n) is 5.98. The maximum Gasteiger partial charge on any atom is 0.322 e. The molecule has 2 rings (SSSR count). The summed E-state index contributed by atoms with van der Waals surface area (Å²) in [5.74, 6) is -4.11. The van der Waals surface area contributed by atoms with E-state index in [1.807, 2.05) is 13.8 Å². The molecule has 6 N–H and O–H groups in total. The molecule has 1 heterocycles. The van der Waals surface area contributed by atoms with Gasteiger partial charge in [0.2, 0.25) is 17.7 Å². The van der Waals surface area contributed by atoms with Crippen molar-refractivity contribution in [2.75, 3.05) is 13.1 Å².